The lowest BCUT2D eigenvalue weighted by Gasteiger charge is -2.23. The van der Waals surface area contributed by atoms with Crippen molar-refractivity contribution in [1.29, 1.82) is 0 Å². The van der Waals surface area contributed by atoms with Crippen LogP contribution in [-0.4, -0.2) is 6.72 Å². The molecule has 0 unspecified atom stereocenters. The molecule has 0 aromatic rings. The average molecular weight is 219 g/mol. The molecular weight excluding hydrogens is 194 g/mol. The van der Waals surface area contributed by atoms with E-state index in [1.807, 2.05) is 6.08 Å². The Morgan fingerprint density at radius 2 is 1.94 bits per heavy atom. The number of hydrogen-bond acceptors (Lipinski definition) is 1. The predicted octanol–water partition coefficient (Wildman–Crippen LogP) is 4.92. The van der Waals surface area contributed by atoms with Crippen LogP contribution in [0.1, 0.15) is 47.5 Å². The van der Waals surface area contributed by atoms with Gasteiger partial charge in [-0.05, 0) is 38.1 Å². The maximum Gasteiger partial charge on any atom is 0.0263 e. The first-order valence-corrected chi connectivity index (χ1v) is 5.99. The van der Waals surface area contributed by atoms with Gasteiger partial charge in [0.05, 0.1) is 0 Å². The SMILES string of the molecule is C=N/C=C\C(=C\C(C)(C)/C(C)=C\CC)CC. The molecule has 90 valence electrons. The summed E-state index contributed by atoms with van der Waals surface area (Å²) in [6.07, 6.45) is 10.5. The van der Waals surface area contributed by atoms with Gasteiger partial charge in [-0.25, -0.2) is 0 Å². The van der Waals surface area contributed by atoms with E-state index < -0.39 is 0 Å². The predicted molar refractivity (Wildman–Crippen MR) is 74.9 cm³/mol. The average Bonchev–Trinajstić information content (AvgIpc) is 2.24. The summed E-state index contributed by atoms with van der Waals surface area (Å²) in [6, 6.07) is 0. The van der Waals surface area contributed by atoms with Gasteiger partial charge in [0, 0.05) is 11.6 Å². The van der Waals surface area contributed by atoms with Gasteiger partial charge in [0.25, 0.3) is 0 Å². The summed E-state index contributed by atoms with van der Waals surface area (Å²) in [5.74, 6) is 0. The van der Waals surface area contributed by atoms with E-state index in [-0.39, 0.29) is 5.41 Å². The topological polar surface area (TPSA) is 12.4 Å². The fraction of sp³-hybridized carbons (Fsp3) is 0.533. The Labute approximate surface area is 101 Å². The zero-order valence-corrected chi connectivity index (χ0v) is 11.4. The van der Waals surface area contributed by atoms with Crippen molar-refractivity contribution in [1.82, 2.24) is 0 Å². The summed E-state index contributed by atoms with van der Waals surface area (Å²) in [7, 11) is 0. The van der Waals surface area contributed by atoms with E-state index in [4.69, 9.17) is 0 Å². The number of hydrogen-bond donors (Lipinski definition) is 0. The van der Waals surface area contributed by atoms with Crippen molar-refractivity contribution in [2.45, 2.75) is 47.5 Å². The Bertz CT molecular complexity index is 303. The van der Waals surface area contributed by atoms with Crippen LogP contribution in [0.3, 0.4) is 0 Å². The molecule has 0 saturated carbocycles. The van der Waals surface area contributed by atoms with Crippen LogP contribution in [0.5, 0.6) is 0 Å². The third-order valence-electron chi connectivity index (χ3n) is 2.88. The standard InChI is InChI=1S/C15H25N/c1-7-9-13(3)15(4,5)12-14(8-2)10-11-16-6/h9-12H,6-8H2,1-5H3/b11-10-,13-9-,14-12+. The minimum Gasteiger partial charge on any atom is -0.273 e. The summed E-state index contributed by atoms with van der Waals surface area (Å²) >= 11 is 0. The first-order chi connectivity index (χ1) is 7.47. The van der Waals surface area contributed by atoms with E-state index in [0.29, 0.717) is 0 Å². The largest absolute Gasteiger partial charge is 0.273 e. The Hall–Kier alpha value is -1.11. The molecule has 0 atom stereocenters. The second-order valence-electron chi connectivity index (χ2n) is 4.59. The van der Waals surface area contributed by atoms with Crippen LogP contribution in [0, 0.1) is 5.41 Å². The normalized spacial score (nSPS) is 14.6. The molecule has 0 aliphatic carbocycles. The van der Waals surface area contributed by atoms with Crippen LogP contribution in [0.25, 0.3) is 0 Å². The van der Waals surface area contributed by atoms with E-state index in [9.17, 15) is 0 Å². The summed E-state index contributed by atoms with van der Waals surface area (Å²) < 4.78 is 0. The summed E-state index contributed by atoms with van der Waals surface area (Å²) in [6.45, 7) is 14.5. The molecule has 0 spiro atoms. The lowest BCUT2D eigenvalue weighted by molar-refractivity contribution is 0.571. The van der Waals surface area contributed by atoms with Crippen molar-refractivity contribution < 1.29 is 0 Å². The highest BCUT2D eigenvalue weighted by molar-refractivity contribution is 5.30. The molecule has 0 amide bonds. The highest BCUT2D eigenvalue weighted by atomic mass is 14.6. The molecular formula is C15H25N. The number of aliphatic imine (C=N–C) groups is 1. The molecule has 0 radical (unpaired) electrons. The molecule has 16 heavy (non-hydrogen) atoms. The zero-order valence-electron chi connectivity index (χ0n) is 11.4. The lowest BCUT2D eigenvalue weighted by atomic mass is 9.82. The van der Waals surface area contributed by atoms with Crippen molar-refractivity contribution in [3.05, 3.63) is 35.6 Å². The summed E-state index contributed by atoms with van der Waals surface area (Å²) in [4.78, 5) is 3.75. The highest BCUT2D eigenvalue weighted by Gasteiger charge is 2.16. The molecule has 0 bridgehead atoms. The lowest BCUT2D eigenvalue weighted by Crippen LogP contribution is -2.10. The monoisotopic (exact) mass is 219 g/mol. The summed E-state index contributed by atoms with van der Waals surface area (Å²) in [5.41, 5.74) is 2.84. The van der Waals surface area contributed by atoms with Gasteiger partial charge in [0.1, 0.15) is 0 Å². The van der Waals surface area contributed by atoms with Crippen LogP contribution < -0.4 is 0 Å². The van der Waals surface area contributed by atoms with Gasteiger partial charge in [-0.1, -0.05) is 45.4 Å². The second-order valence-corrected chi connectivity index (χ2v) is 4.59. The molecule has 0 N–H and O–H groups in total. The van der Waals surface area contributed by atoms with Gasteiger partial charge in [-0.3, -0.25) is 4.99 Å². The maximum absolute atomic E-state index is 3.75. The minimum absolute atomic E-state index is 0.118. The van der Waals surface area contributed by atoms with E-state index in [1.165, 1.54) is 11.1 Å². The number of allylic oxidation sites excluding steroid dienone is 5. The Morgan fingerprint density at radius 3 is 2.38 bits per heavy atom. The van der Waals surface area contributed by atoms with E-state index in [1.54, 1.807) is 6.20 Å². The molecule has 1 heteroatoms. The Kier molecular flexibility index (Phi) is 6.71. The fourth-order valence-corrected chi connectivity index (χ4v) is 1.56. The van der Waals surface area contributed by atoms with Crippen LogP contribution in [0.4, 0.5) is 0 Å². The van der Waals surface area contributed by atoms with Crippen molar-refractivity contribution in [3.8, 4) is 0 Å². The second kappa shape index (κ2) is 7.21. The molecule has 0 rings (SSSR count). The minimum atomic E-state index is 0.118. The van der Waals surface area contributed by atoms with Crippen LogP contribution >= 0.6 is 0 Å². The number of nitrogens with zero attached hydrogens (tertiary/aromatic N) is 1. The molecule has 0 saturated heterocycles. The van der Waals surface area contributed by atoms with Crippen LogP contribution in [0.2, 0.25) is 0 Å². The third kappa shape index (κ3) is 5.11. The molecule has 0 aliphatic heterocycles. The summed E-state index contributed by atoms with van der Waals surface area (Å²) in [5, 5.41) is 0. The smallest absolute Gasteiger partial charge is 0.0263 e. The molecule has 1 nitrogen and oxygen atoms in total. The third-order valence-corrected chi connectivity index (χ3v) is 2.88. The van der Waals surface area contributed by atoms with E-state index in [0.717, 1.165) is 12.8 Å². The van der Waals surface area contributed by atoms with E-state index in [2.05, 4.69) is 58.5 Å². The van der Waals surface area contributed by atoms with Crippen molar-refractivity contribution in [2.24, 2.45) is 10.4 Å². The van der Waals surface area contributed by atoms with Gasteiger partial charge >= 0.3 is 0 Å². The van der Waals surface area contributed by atoms with Gasteiger partial charge < -0.3 is 0 Å². The van der Waals surface area contributed by atoms with Gasteiger partial charge in [0.15, 0.2) is 0 Å². The quantitative estimate of drug-likeness (QED) is 0.341. The Balaban J connectivity index is 5.00. The van der Waals surface area contributed by atoms with E-state index >= 15 is 0 Å². The molecule has 0 fully saturated rings. The van der Waals surface area contributed by atoms with Gasteiger partial charge in [-0.2, -0.15) is 0 Å². The first-order valence-electron chi connectivity index (χ1n) is 5.99. The zero-order chi connectivity index (χ0) is 12.6. The van der Waals surface area contributed by atoms with Crippen molar-refractivity contribution in [3.63, 3.8) is 0 Å². The van der Waals surface area contributed by atoms with Crippen molar-refractivity contribution in [2.75, 3.05) is 0 Å². The highest BCUT2D eigenvalue weighted by Crippen LogP contribution is 2.30. The van der Waals surface area contributed by atoms with Gasteiger partial charge in [-0.15, -0.1) is 0 Å². The van der Waals surface area contributed by atoms with Crippen LogP contribution in [-0.2, 0) is 0 Å². The molecule has 0 aliphatic rings. The maximum atomic E-state index is 3.75. The number of rotatable bonds is 6. The van der Waals surface area contributed by atoms with Crippen LogP contribution in [0.15, 0.2) is 40.6 Å². The Morgan fingerprint density at radius 1 is 1.31 bits per heavy atom. The van der Waals surface area contributed by atoms with Crippen molar-refractivity contribution >= 4 is 6.72 Å². The molecule has 0 heterocycles. The van der Waals surface area contributed by atoms with Gasteiger partial charge in [0.2, 0.25) is 0 Å². The molecule has 0 aromatic carbocycles. The fourth-order valence-electron chi connectivity index (χ4n) is 1.56. The first kappa shape index (κ1) is 14.9. The molecule has 0 aromatic heterocycles.